The first-order chi connectivity index (χ1) is 9.72. The van der Waals surface area contributed by atoms with Crippen LogP contribution in [0.5, 0.6) is 0 Å². The molecule has 5 heteroatoms. The summed E-state index contributed by atoms with van der Waals surface area (Å²) in [6, 6.07) is 13.3. The molecule has 0 aliphatic heterocycles. The number of hydrogen-bond acceptors (Lipinski definition) is 3. The van der Waals surface area contributed by atoms with Crippen molar-refractivity contribution < 1.29 is 0 Å². The third-order valence-corrected chi connectivity index (χ3v) is 3.31. The maximum atomic E-state index is 9.03. The third kappa shape index (κ3) is 2.02. The van der Waals surface area contributed by atoms with Crippen molar-refractivity contribution >= 4 is 22.8 Å². The lowest BCUT2D eigenvalue weighted by Crippen LogP contribution is -2.01. The molecule has 0 unspecified atom stereocenters. The Kier molecular flexibility index (Phi) is 3.13. The molecular weight excluding hydrogens is 272 g/mol. The lowest BCUT2D eigenvalue weighted by molar-refractivity contribution is 0.966. The van der Waals surface area contributed by atoms with Crippen molar-refractivity contribution in [2.45, 2.75) is 12.8 Å². The van der Waals surface area contributed by atoms with E-state index in [0.717, 1.165) is 28.4 Å². The van der Waals surface area contributed by atoms with Gasteiger partial charge in [-0.3, -0.25) is 4.57 Å². The first kappa shape index (κ1) is 12.6. The van der Waals surface area contributed by atoms with Gasteiger partial charge in [0.15, 0.2) is 5.65 Å². The SMILES string of the molecule is Cc1ccc2nc(CCl)n(-c3cccc(C#N)c3)c2n1. The van der Waals surface area contributed by atoms with E-state index in [1.165, 1.54) is 0 Å². The smallest absolute Gasteiger partial charge is 0.164 e. The molecular formula is C15H11ClN4. The van der Waals surface area contributed by atoms with E-state index in [1.807, 2.05) is 35.8 Å². The highest BCUT2D eigenvalue weighted by atomic mass is 35.5. The Hall–Kier alpha value is -2.38. The molecule has 0 saturated carbocycles. The van der Waals surface area contributed by atoms with Crippen LogP contribution in [0.25, 0.3) is 16.9 Å². The summed E-state index contributed by atoms with van der Waals surface area (Å²) < 4.78 is 1.90. The predicted octanol–water partition coefficient (Wildman–Crippen LogP) is 3.34. The van der Waals surface area contributed by atoms with Crippen LogP contribution in [-0.4, -0.2) is 14.5 Å². The number of rotatable bonds is 2. The molecule has 3 aromatic rings. The lowest BCUT2D eigenvalue weighted by Gasteiger charge is -2.07. The van der Waals surface area contributed by atoms with Gasteiger partial charge >= 0.3 is 0 Å². The minimum absolute atomic E-state index is 0.284. The van der Waals surface area contributed by atoms with Gasteiger partial charge in [-0.1, -0.05) is 6.07 Å². The van der Waals surface area contributed by atoms with Crippen LogP contribution in [0.1, 0.15) is 17.1 Å². The number of fused-ring (bicyclic) bond motifs is 1. The number of benzene rings is 1. The summed E-state index contributed by atoms with van der Waals surface area (Å²) in [6.45, 7) is 1.93. The first-order valence-electron chi connectivity index (χ1n) is 6.14. The maximum absolute atomic E-state index is 9.03. The molecule has 98 valence electrons. The summed E-state index contributed by atoms with van der Waals surface area (Å²) >= 11 is 5.99. The Morgan fingerprint density at radius 2 is 2.10 bits per heavy atom. The van der Waals surface area contributed by atoms with Gasteiger partial charge in [0.2, 0.25) is 0 Å². The highest BCUT2D eigenvalue weighted by Gasteiger charge is 2.13. The predicted molar refractivity (Wildman–Crippen MR) is 77.9 cm³/mol. The average molecular weight is 283 g/mol. The number of hydrogen-bond donors (Lipinski definition) is 0. The molecule has 20 heavy (non-hydrogen) atoms. The molecule has 0 bridgehead atoms. The second kappa shape index (κ2) is 4.95. The minimum atomic E-state index is 0.284. The molecule has 0 amide bonds. The summed E-state index contributed by atoms with van der Waals surface area (Å²) in [6.07, 6.45) is 0. The van der Waals surface area contributed by atoms with Crippen LogP contribution < -0.4 is 0 Å². The minimum Gasteiger partial charge on any atom is -0.280 e. The molecule has 0 radical (unpaired) electrons. The summed E-state index contributed by atoms with van der Waals surface area (Å²) in [4.78, 5) is 9.02. The van der Waals surface area contributed by atoms with E-state index in [1.54, 1.807) is 12.1 Å². The summed E-state index contributed by atoms with van der Waals surface area (Å²) in [7, 11) is 0. The van der Waals surface area contributed by atoms with Gasteiger partial charge in [0.1, 0.15) is 11.3 Å². The van der Waals surface area contributed by atoms with E-state index in [9.17, 15) is 0 Å². The molecule has 1 aromatic carbocycles. The van der Waals surface area contributed by atoms with Gasteiger partial charge in [0, 0.05) is 5.69 Å². The molecule has 0 atom stereocenters. The van der Waals surface area contributed by atoms with Gasteiger partial charge in [-0.05, 0) is 37.3 Å². The van der Waals surface area contributed by atoms with Gasteiger partial charge in [0.25, 0.3) is 0 Å². The average Bonchev–Trinajstić information content (AvgIpc) is 2.85. The Balaban J connectivity index is 2.33. The highest BCUT2D eigenvalue weighted by molar-refractivity contribution is 6.16. The number of aryl methyl sites for hydroxylation is 1. The van der Waals surface area contributed by atoms with E-state index in [-0.39, 0.29) is 5.88 Å². The van der Waals surface area contributed by atoms with E-state index in [0.29, 0.717) is 5.56 Å². The number of halogens is 1. The van der Waals surface area contributed by atoms with Crippen LogP contribution in [0.3, 0.4) is 0 Å². The van der Waals surface area contributed by atoms with Crippen molar-refractivity contribution in [3.05, 3.63) is 53.5 Å². The van der Waals surface area contributed by atoms with Crippen LogP contribution in [0.2, 0.25) is 0 Å². The van der Waals surface area contributed by atoms with Crippen LogP contribution in [-0.2, 0) is 5.88 Å². The zero-order chi connectivity index (χ0) is 14.1. The number of nitrogens with zero attached hydrogens (tertiary/aromatic N) is 4. The van der Waals surface area contributed by atoms with Crippen molar-refractivity contribution in [1.82, 2.24) is 14.5 Å². The second-order valence-corrected chi connectivity index (χ2v) is 4.72. The highest BCUT2D eigenvalue weighted by Crippen LogP contribution is 2.22. The number of aromatic nitrogens is 3. The Morgan fingerprint density at radius 1 is 1.25 bits per heavy atom. The van der Waals surface area contributed by atoms with Crippen LogP contribution in [0.4, 0.5) is 0 Å². The van der Waals surface area contributed by atoms with Gasteiger partial charge in [-0.2, -0.15) is 5.26 Å². The van der Waals surface area contributed by atoms with E-state index in [4.69, 9.17) is 16.9 Å². The second-order valence-electron chi connectivity index (χ2n) is 4.45. The van der Waals surface area contributed by atoms with Crippen LogP contribution in [0, 0.1) is 18.3 Å². The molecule has 2 heterocycles. The summed E-state index contributed by atoms with van der Waals surface area (Å²) in [5.41, 5.74) is 3.92. The van der Waals surface area contributed by atoms with Crippen molar-refractivity contribution in [1.29, 1.82) is 5.26 Å². The monoisotopic (exact) mass is 282 g/mol. The largest absolute Gasteiger partial charge is 0.280 e. The maximum Gasteiger partial charge on any atom is 0.164 e. The van der Waals surface area contributed by atoms with E-state index >= 15 is 0 Å². The molecule has 2 aromatic heterocycles. The lowest BCUT2D eigenvalue weighted by atomic mass is 10.2. The quantitative estimate of drug-likeness (QED) is 0.677. The number of imidazole rings is 1. The summed E-state index contributed by atoms with van der Waals surface area (Å²) in [5, 5.41) is 9.03. The summed E-state index contributed by atoms with van der Waals surface area (Å²) in [5.74, 6) is 1.00. The zero-order valence-electron chi connectivity index (χ0n) is 10.8. The first-order valence-corrected chi connectivity index (χ1v) is 6.68. The topological polar surface area (TPSA) is 54.5 Å². The van der Waals surface area contributed by atoms with Gasteiger partial charge in [0.05, 0.1) is 23.2 Å². The third-order valence-electron chi connectivity index (χ3n) is 3.07. The van der Waals surface area contributed by atoms with Crippen LogP contribution in [0.15, 0.2) is 36.4 Å². The number of pyridine rings is 1. The molecule has 4 nitrogen and oxygen atoms in total. The normalized spacial score (nSPS) is 10.7. The van der Waals surface area contributed by atoms with Gasteiger partial charge in [-0.25, -0.2) is 9.97 Å². The molecule has 0 N–H and O–H groups in total. The number of nitriles is 1. The van der Waals surface area contributed by atoms with Crippen molar-refractivity contribution in [3.63, 3.8) is 0 Å². The standard InChI is InChI=1S/C15H11ClN4/c1-10-5-6-13-15(18-10)20(14(8-16)19-13)12-4-2-3-11(7-12)9-17/h2-7H,8H2,1H3. The van der Waals surface area contributed by atoms with Crippen molar-refractivity contribution in [2.24, 2.45) is 0 Å². The number of alkyl halides is 1. The Labute approximate surface area is 121 Å². The fourth-order valence-corrected chi connectivity index (χ4v) is 2.35. The molecule has 0 aliphatic carbocycles. The van der Waals surface area contributed by atoms with E-state index < -0.39 is 0 Å². The Bertz CT molecular complexity index is 829. The van der Waals surface area contributed by atoms with Gasteiger partial charge in [-0.15, -0.1) is 11.6 Å². The van der Waals surface area contributed by atoms with Crippen LogP contribution >= 0.6 is 11.6 Å². The van der Waals surface area contributed by atoms with Gasteiger partial charge < -0.3 is 0 Å². The van der Waals surface area contributed by atoms with Crippen molar-refractivity contribution in [2.75, 3.05) is 0 Å². The molecule has 0 fully saturated rings. The zero-order valence-corrected chi connectivity index (χ0v) is 11.6. The molecule has 0 spiro atoms. The fourth-order valence-electron chi connectivity index (χ4n) is 2.17. The molecule has 3 rings (SSSR count). The molecule has 0 saturated heterocycles. The Morgan fingerprint density at radius 3 is 2.85 bits per heavy atom. The molecule has 0 aliphatic rings. The van der Waals surface area contributed by atoms with E-state index in [2.05, 4.69) is 16.0 Å². The van der Waals surface area contributed by atoms with Crippen molar-refractivity contribution in [3.8, 4) is 11.8 Å². The fraction of sp³-hybridized carbons (Fsp3) is 0.133.